The van der Waals surface area contributed by atoms with Crippen molar-refractivity contribution in [1.82, 2.24) is 51.8 Å². The number of aliphatic hydroxyl groups excluding tert-OH is 3. The number of aromatic nitrogens is 3. The van der Waals surface area contributed by atoms with E-state index >= 15 is 0 Å². The first-order valence-electron chi connectivity index (χ1n) is 47.3. The van der Waals surface area contributed by atoms with Crippen LogP contribution in [0.15, 0.2) is 47.0 Å². The zero-order chi connectivity index (χ0) is 100. The van der Waals surface area contributed by atoms with Crippen LogP contribution in [0.5, 0.6) is 0 Å². The minimum absolute atomic E-state index is 0.0186. The minimum Gasteiger partial charge on any atom is -0.396 e. The molecule has 1 aliphatic heterocycles. The number of ketones is 7. The van der Waals surface area contributed by atoms with Crippen molar-refractivity contribution < 1.29 is 96.8 Å². The molecule has 2 saturated carbocycles. The summed E-state index contributed by atoms with van der Waals surface area (Å²) in [5, 5.41) is 47.5. The zero-order valence-electron chi connectivity index (χ0n) is 80.2. The van der Waals surface area contributed by atoms with Gasteiger partial charge in [0.1, 0.15) is 17.5 Å². The van der Waals surface area contributed by atoms with Crippen LogP contribution in [-0.2, 0) is 83.1 Å². The fourth-order valence-electron chi connectivity index (χ4n) is 17.4. The molecule has 0 aromatic carbocycles. The second-order valence-electron chi connectivity index (χ2n) is 38.9. The summed E-state index contributed by atoms with van der Waals surface area (Å²) in [6.45, 7) is 14.8. The predicted octanol–water partition coefficient (Wildman–Crippen LogP) is 2.27. The number of unbranched alkanes of at least 4 members (excludes halogenated alkanes) is 1. The molecule has 2 aromatic heterocycles. The second kappa shape index (κ2) is 57.8. The molecule has 2 aromatic rings. The molecule has 26 N–H and O–H groups in total. The Kier molecular flexibility index (Phi) is 49.8. The number of guanidine groups is 2. The molecular weight excluding hydrogens is 1730 g/mol. The molecule has 3 aliphatic rings. The van der Waals surface area contributed by atoms with E-state index in [0.29, 0.717) is 44.2 Å². The van der Waals surface area contributed by atoms with Gasteiger partial charge in [-0.25, -0.2) is 4.98 Å². The van der Waals surface area contributed by atoms with Crippen LogP contribution in [0.1, 0.15) is 284 Å². The van der Waals surface area contributed by atoms with Crippen molar-refractivity contribution in [2.45, 2.75) is 323 Å². The van der Waals surface area contributed by atoms with E-state index in [0.717, 1.165) is 69.1 Å². The van der Waals surface area contributed by atoms with Crippen LogP contribution < -0.4 is 77.8 Å². The Hall–Kier alpha value is -10.9. The number of likely N-dealkylation sites (tertiary alicyclic amines) is 1. The molecule has 3 fully saturated rings. The van der Waals surface area contributed by atoms with Gasteiger partial charge in [-0.1, -0.05) is 120 Å². The molecule has 2 aliphatic carbocycles. The van der Waals surface area contributed by atoms with Gasteiger partial charge >= 0.3 is 0 Å². The molecule has 40 heteroatoms. The molecule has 10 amide bonds. The lowest BCUT2D eigenvalue weighted by Gasteiger charge is -2.33. The third-order valence-electron chi connectivity index (χ3n) is 25.8. The van der Waals surface area contributed by atoms with E-state index in [1.54, 1.807) is 46.8 Å². The van der Waals surface area contributed by atoms with E-state index in [1.165, 1.54) is 38.9 Å². The highest BCUT2D eigenvalue weighted by Crippen LogP contribution is 2.36. The number of amides is 10. The predicted molar refractivity (Wildman–Crippen MR) is 501 cm³/mol. The number of β-amino-alcohol motifs (C(OH)–C–C–N with tert-alkyl or cyclic N) is 1. The average Bonchev–Trinajstić information content (AvgIpc) is 1.61. The number of Topliss-reactive ketones (excluding diaryl/α,β-unsaturated/α-hetero) is 7. The number of nitrogens with two attached hydrogens (primary N) is 8. The lowest BCUT2D eigenvalue weighted by molar-refractivity contribution is -0.144. The van der Waals surface area contributed by atoms with Crippen LogP contribution in [0.3, 0.4) is 0 Å². The molecular formula is C94H154N20O20. The number of imidazole rings is 1. The van der Waals surface area contributed by atoms with Gasteiger partial charge in [0.15, 0.2) is 46.6 Å². The Labute approximate surface area is 786 Å². The summed E-state index contributed by atoms with van der Waals surface area (Å²) in [6, 6.07) is -3.47. The number of pyridine rings is 1. The number of carbonyl (C=O) groups excluding carboxylic acids is 17. The number of hydrogen-bond acceptors (Lipinski definition) is 25. The van der Waals surface area contributed by atoms with Gasteiger partial charge in [-0.3, -0.25) is 96.5 Å². The van der Waals surface area contributed by atoms with Crippen molar-refractivity contribution >= 4 is 111 Å². The Morgan fingerprint density at radius 2 is 1.06 bits per heavy atom. The number of aliphatic hydroxyl groups is 3. The number of carbonyl (C=O) groups is 17. The van der Waals surface area contributed by atoms with Gasteiger partial charge in [0, 0.05) is 127 Å². The number of nitrogens with zero attached hydrogens (tertiary/aromatic N) is 5. The number of H-pyrrole nitrogens is 1. The van der Waals surface area contributed by atoms with Gasteiger partial charge in [0.05, 0.1) is 84.2 Å². The number of hydrogen-bond donors (Lipinski definition) is 18. The quantitative estimate of drug-likeness (QED) is 0.0195. The van der Waals surface area contributed by atoms with E-state index in [9.17, 15) is 96.8 Å². The Bertz CT molecular complexity index is 4270. The van der Waals surface area contributed by atoms with Gasteiger partial charge in [0.25, 0.3) is 0 Å². The lowest BCUT2D eigenvalue weighted by atomic mass is 9.78. The fraction of sp³-hybridized carbons (Fsp3) is 0.713. The van der Waals surface area contributed by atoms with Crippen LogP contribution >= 0.6 is 0 Å². The highest BCUT2D eigenvalue weighted by atomic mass is 16.3. The first kappa shape index (κ1) is 115. The maximum atomic E-state index is 15.0. The summed E-state index contributed by atoms with van der Waals surface area (Å²) >= 11 is 0. The molecule has 40 nitrogen and oxygen atoms in total. The van der Waals surface area contributed by atoms with E-state index in [1.807, 2.05) is 20.8 Å². The maximum Gasteiger partial charge on any atom is 0.240 e. The summed E-state index contributed by atoms with van der Waals surface area (Å²) in [5.74, 6) is -16.1. The smallest absolute Gasteiger partial charge is 0.240 e. The Balaban J connectivity index is 0.000000640. The zero-order valence-corrected chi connectivity index (χ0v) is 80.2. The third kappa shape index (κ3) is 41.1. The standard InChI is InChI=1S/C61H94N10O13.C33H60N10O7/c1-9-61(7,32-52(78)47-29-42(73)34-71(47)56(82)41(35-72)27-50(76)46-33-66-36-67-46)58(84)70-44(24-38-18-21-65-22-19-38)48(74)25-39(23-37-15-11-10-12-16-37)54(80)69-45(30-59(2,3)4)49(75)26-40(28-53(63)79)55(81)68-43(17-13-14-20-62)51(77)31-60(5,6)57(83)64-8;1-19(20(2)44)26(45)17-22(10-6-14-40-32(36)37)30(49)42-24(12-13-28(34)47)27(46)18-23(11-7-15-41-33(38)39)31(50)43-25(29(35)48)16-21-8-4-3-5-9-21/h18-19,21-22,33,36-37,39-45,47,72-73H,9-17,20,23-32,34-35,62H2,1-8H3,(H2,63,79)(H,64,83)(H,66,67)(H,68,81)(H,69,80)(H,70,84);19-25,44H,3-18H2,1-2H3,(H2,34,47)(H2,35,48)(H,42,49)(H,43,50)(H4,36,37,40)(H4,38,39,41)/t39-,40+,41+,42+,43+,44+,45+,47-,61-;19-,20+,22+,23+,24-,25-/m10/s1. The molecule has 15 atom stereocenters. The van der Waals surface area contributed by atoms with Gasteiger partial charge in [-0.05, 0) is 132 Å². The fourth-order valence-corrected chi connectivity index (χ4v) is 17.4. The first-order valence-corrected chi connectivity index (χ1v) is 47.3. The number of aromatic amines is 1. The third-order valence-corrected chi connectivity index (χ3v) is 25.8. The van der Waals surface area contributed by atoms with Gasteiger partial charge < -0.3 is 103 Å². The van der Waals surface area contributed by atoms with Crippen molar-refractivity contribution in [3.8, 4) is 0 Å². The maximum absolute atomic E-state index is 15.0. The second-order valence-corrected chi connectivity index (χ2v) is 38.9. The van der Waals surface area contributed by atoms with E-state index < -0.39 is 220 Å². The lowest BCUT2D eigenvalue weighted by Crippen LogP contribution is -2.52. The van der Waals surface area contributed by atoms with Crippen molar-refractivity contribution in [1.29, 1.82) is 0 Å². The molecule has 0 radical (unpaired) electrons. The van der Waals surface area contributed by atoms with E-state index in [-0.39, 0.29) is 151 Å². The van der Waals surface area contributed by atoms with Crippen LogP contribution in [0.2, 0.25) is 0 Å². The molecule has 750 valence electrons. The highest BCUT2D eigenvalue weighted by molar-refractivity contribution is 6.02. The summed E-state index contributed by atoms with van der Waals surface area (Å²) < 4.78 is 0. The summed E-state index contributed by atoms with van der Waals surface area (Å²) in [4.78, 5) is 251. The van der Waals surface area contributed by atoms with Crippen LogP contribution in [0.25, 0.3) is 0 Å². The summed E-state index contributed by atoms with van der Waals surface area (Å²) in [5.41, 5.74) is 41.7. The number of aliphatic imine (C=N–C) groups is 2. The van der Waals surface area contributed by atoms with E-state index in [2.05, 4.69) is 56.8 Å². The molecule has 5 rings (SSSR count). The Morgan fingerprint density at radius 1 is 0.552 bits per heavy atom. The average molecular weight is 1880 g/mol. The van der Waals surface area contributed by atoms with Crippen molar-refractivity contribution in [2.24, 2.45) is 119 Å². The van der Waals surface area contributed by atoms with Crippen LogP contribution in [0, 0.1) is 63.6 Å². The van der Waals surface area contributed by atoms with Crippen molar-refractivity contribution in [3.63, 3.8) is 0 Å². The topological polar surface area (TPSA) is 701 Å². The van der Waals surface area contributed by atoms with Crippen LogP contribution in [-0.4, -0.2) is 235 Å². The molecule has 134 heavy (non-hydrogen) atoms. The monoisotopic (exact) mass is 1880 g/mol. The van der Waals surface area contributed by atoms with Crippen LogP contribution in [0.4, 0.5) is 0 Å². The highest BCUT2D eigenvalue weighted by Gasteiger charge is 2.47. The van der Waals surface area contributed by atoms with Gasteiger partial charge in [-0.2, -0.15) is 0 Å². The SMILES string of the molecule is CC[C@](C)(CC(=O)[C@H]1C[C@H](O)CN1C(=O)[C@H](CO)CC(=O)c1cnc[nH]1)C(=O)N[C@@H](Cc1ccncc1)C(=O)C[C@@H](CC1CCCCC1)C(=O)N[C@@H](CC(C)(C)C)C(=O)C[C@@H](CC(N)=O)C(=O)N[C@@H](CCCCN)C(=O)CC(C)(C)C(=O)NC.C[C@H](C(=O)C[C@@H](CCCN=C(N)N)C(=O)N[C@@H](CCC(N)=O)C(=O)C[C@@H](CCCN=C(N)N)C(=O)N[C@@H](CC1CCCCC1)C(N)=O)[C@@H](C)O. The van der Waals surface area contributed by atoms with Gasteiger partial charge in [-0.15, -0.1) is 0 Å². The molecule has 0 spiro atoms. The molecule has 1 saturated heterocycles. The molecule has 0 bridgehead atoms. The number of nitrogens with one attached hydrogen (secondary N) is 7. The minimum atomic E-state index is -1.46. The molecule has 0 unspecified atom stereocenters. The largest absolute Gasteiger partial charge is 0.396 e. The van der Waals surface area contributed by atoms with Crippen molar-refractivity contribution in [3.05, 3.63) is 48.3 Å². The van der Waals surface area contributed by atoms with Crippen molar-refractivity contribution in [2.75, 3.05) is 39.8 Å². The first-order chi connectivity index (χ1) is 63.0. The normalized spacial score (nSPS) is 17.9. The van der Waals surface area contributed by atoms with Gasteiger partial charge in [0.2, 0.25) is 59.1 Å². The Morgan fingerprint density at radius 3 is 1.56 bits per heavy atom. The number of primary amides is 3. The summed E-state index contributed by atoms with van der Waals surface area (Å²) in [6.07, 6.45) is 12.6. The molecule has 3 heterocycles. The number of rotatable bonds is 61. The summed E-state index contributed by atoms with van der Waals surface area (Å²) in [7, 11) is 1.45. The van der Waals surface area contributed by atoms with E-state index in [4.69, 9.17) is 45.9 Å².